The molecule has 2 aliphatic rings. The van der Waals surface area contributed by atoms with Gasteiger partial charge in [-0.05, 0) is 110 Å². The van der Waals surface area contributed by atoms with Gasteiger partial charge in [-0.2, -0.15) is 0 Å². The van der Waals surface area contributed by atoms with Crippen molar-refractivity contribution in [3.8, 4) is 22.5 Å². The van der Waals surface area contributed by atoms with E-state index in [1.54, 1.807) is 12.1 Å². The van der Waals surface area contributed by atoms with Crippen LogP contribution in [-0.2, 0) is 20.7 Å². The average Bonchev–Trinajstić information content (AvgIpc) is 3.70. The SMILES string of the molecule is CC(C)(C)OC(=O)NC[C@H]1CC[C@H](C(=O)N[C@@H](Cc2ccc(-c3ccc(N4CCNCC4)nc3)cc2)C(=O)Nc2ccc(-c3nnn[nH]3)cc2)CC1. The summed E-state index contributed by atoms with van der Waals surface area (Å²) in [7, 11) is 0. The summed E-state index contributed by atoms with van der Waals surface area (Å²) in [5.41, 5.74) is 3.75. The Hall–Kier alpha value is -5.37. The zero-order chi connectivity index (χ0) is 36.5. The molecule has 1 saturated carbocycles. The zero-order valence-electron chi connectivity index (χ0n) is 30.0. The van der Waals surface area contributed by atoms with Crippen molar-refractivity contribution in [1.82, 2.24) is 41.6 Å². The normalized spacial score (nSPS) is 18.2. The van der Waals surface area contributed by atoms with E-state index in [4.69, 9.17) is 9.72 Å². The number of amides is 3. The first kappa shape index (κ1) is 36.4. The molecule has 3 amide bonds. The molecular weight excluding hydrogens is 660 g/mol. The van der Waals surface area contributed by atoms with E-state index in [1.807, 2.05) is 63.4 Å². The second kappa shape index (κ2) is 16.8. The van der Waals surface area contributed by atoms with E-state index < -0.39 is 17.7 Å². The zero-order valence-corrected chi connectivity index (χ0v) is 30.0. The van der Waals surface area contributed by atoms with Crippen LogP contribution in [0, 0.1) is 11.8 Å². The van der Waals surface area contributed by atoms with Crippen molar-refractivity contribution >= 4 is 29.4 Å². The molecule has 1 aliphatic carbocycles. The minimum Gasteiger partial charge on any atom is -0.444 e. The monoisotopic (exact) mass is 708 g/mol. The molecule has 0 spiro atoms. The minimum atomic E-state index is -0.803. The number of benzene rings is 2. The Balaban J connectivity index is 1.09. The molecule has 1 saturated heterocycles. The summed E-state index contributed by atoms with van der Waals surface area (Å²) in [5, 5.41) is 26.2. The Bertz CT molecular complexity index is 1760. The third kappa shape index (κ3) is 10.1. The molecule has 2 aromatic heterocycles. The molecule has 2 aromatic carbocycles. The number of carbonyl (C=O) groups is 3. The van der Waals surface area contributed by atoms with Gasteiger partial charge in [0.2, 0.25) is 11.8 Å². The Morgan fingerprint density at radius 1 is 0.904 bits per heavy atom. The lowest BCUT2D eigenvalue weighted by Gasteiger charge is -2.29. The van der Waals surface area contributed by atoms with E-state index in [9.17, 15) is 14.4 Å². The van der Waals surface area contributed by atoms with E-state index in [0.29, 0.717) is 37.3 Å². The fourth-order valence-corrected chi connectivity index (χ4v) is 6.60. The molecule has 52 heavy (non-hydrogen) atoms. The lowest BCUT2D eigenvalue weighted by atomic mass is 9.81. The van der Waals surface area contributed by atoms with Crippen LogP contribution in [0.15, 0.2) is 66.9 Å². The summed E-state index contributed by atoms with van der Waals surface area (Å²) in [6, 6.07) is 18.6. The highest BCUT2D eigenvalue weighted by Crippen LogP contribution is 2.29. The molecule has 5 N–H and O–H groups in total. The fraction of sp³-hybridized carbons (Fsp3) is 0.447. The molecule has 3 heterocycles. The maximum absolute atomic E-state index is 13.8. The van der Waals surface area contributed by atoms with E-state index in [0.717, 1.165) is 67.1 Å². The van der Waals surface area contributed by atoms with Crippen LogP contribution < -0.4 is 26.2 Å². The van der Waals surface area contributed by atoms with Crippen molar-refractivity contribution in [3.63, 3.8) is 0 Å². The number of aromatic nitrogens is 5. The second-order valence-corrected chi connectivity index (χ2v) is 14.5. The first-order valence-electron chi connectivity index (χ1n) is 18.0. The van der Waals surface area contributed by atoms with Gasteiger partial charge in [-0.1, -0.05) is 24.3 Å². The fourth-order valence-electron chi connectivity index (χ4n) is 6.60. The first-order valence-corrected chi connectivity index (χ1v) is 18.0. The molecule has 1 atom stereocenters. The smallest absolute Gasteiger partial charge is 0.407 e. The van der Waals surface area contributed by atoms with Crippen LogP contribution >= 0.6 is 0 Å². The standard InChI is InChI=1S/C38H48N10O4/c1-38(2,3)52-37(51)41-23-26-6-10-29(11-7-26)35(49)43-32(36(50)42-31-15-12-28(13-16-31)34-44-46-47-45-34)22-25-4-8-27(9-5-25)30-14-17-33(40-24-30)48-20-18-39-19-21-48/h4-5,8-9,12-17,24,26,29,32,39H,6-7,10-11,18-23H2,1-3H3,(H,41,51)(H,42,50)(H,43,49)(H,44,45,46,47)/t26-,29-,32-/m0/s1. The highest BCUT2D eigenvalue weighted by molar-refractivity contribution is 5.97. The summed E-state index contributed by atoms with van der Waals surface area (Å²) in [6.07, 6.45) is 4.72. The third-order valence-corrected chi connectivity index (χ3v) is 9.47. The summed E-state index contributed by atoms with van der Waals surface area (Å²) >= 11 is 0. The van der Waals surface area contributed by atoms with Gasteiger partial charge >= 0.3 is 6.09 Å². The first-order chi connectivity index (χ1) is 25.1. The molecule has 4 aromatic rings. The quantitative estimate of drug-likeness (QED) is 0.151. The Morgan fingerprint density at radius 3 is 2.23 bits per heavy atom. The number of alkyl carbamates (subject to hydrolysis) is 1. The number of hydrogen-bond acceptors (Lipinski definition) is 10. The van der Waals surface area contributed by atoms with Gasteiger partial charge in [-0.25, -0.2) is 14.9 Å². The molecular formula is C38H48N10O4. The predicted octanol–water partition coefficient (Wildman–Crippen LogP) is 4.34. The number of ether oxygens (including phenoxy) is 1. The van der Waals surface area contributed by atoms with Gasteiger partial charge < -0.3 is 30.9 Å². The second-order valence-electron chi connectivity index (χ2n) is 14.5. The molecule has 6 rings (SSSR count). The molecule has 2 fully saturated rings. The van der Waals surface area contributed by atoms with Gasteiger partial charge in [0.05, 0.1) is 0 Å². The van der Waals surface area contributed by atoms with Gasteiger partial charge in [0.1, 0.15) is 17.5 Å². The van der Waals surface area contributed by atoms with Crippen molar-refractivity contribution in [2.24, 2.45) is 11.8 Å². The van der Waals surface area contributed by atoms with Gasteiger partial charge in [-0.15, -0.1) is 5.10 Å². The van der Waals surface area contributed by atoms with Crippen molar-refractivity contribution in [3.05, 3.63) is 72.4 Å². The Labute approximate surface area is 303 Å². The molecule has 274 valence electrons. The summed E-state index contributed by atoms with van der Waals surface area (Å²) in [4.78, 5) is 46.5. The summed E-state index contributed by atoms with van der Waals surface area (Å²) in [5.74, 6) is 1.09. The number of aromatic amines is 1. The number of rotatable bonds is 11. The molecule has 14 nitrogen and oxygen atoms in total. The number of anilines is 2. The van der Waals surface area contributed by atoms with Gasteiger partial charge in [-0.3, -0.25) is 9.59 Å². The van der Waals surface area contributed by atoms with Crippen LogP contribution in [-0.4, -0.2) is 87.9 Å². The summed E-state index contributed by atoms with van der Waals surface area (Å²) < 4.78 is 5.36. The maximum Gasteiger partial charge on any atom is 0.407 e. The van der Waals surface area contributed by atoms with Crippen LogP contribution in [0.5, 0.6) is 0 Å². The van der Waals surface area contributed by atoms with Crippen LogP contribution in [0.3, 0.4) is 0 Å². The van der Waals surface area contributed by atoms with Crippen LogP contribution in [0.2, 0.25) is 0 Å². The number of piperazine rings is 1. The van der Waals surface area contributed by atoms with Crippen molar-refractivity contribution in [2.75, 3.05) is 42.9 Å². The van der Waals surface area contributed by atoms with Gasteiger partial charge in [0, 0.05) is 68.1 Å². The molecule has 0 unspecified atom stereocenters. The Morgan fingerprint density at radius 2 is 1.60 bits per heavy atom. The number of pyridine rings is 1. The van der Waals surface area contributed by atoms with Crippen molar-refractivity contribution < 1.29 is 19.1 Å². The highest BCUT2D eigenvalue weighted by Gasteiger charge is 2.30. The van der Waals surface area contributed by atoms with Gasteiger partial charge in [0.15, 0.2) is 5.82 Å². The molecule has 0 bridgehead atoms. The number of carbonyl (C=O) groups excluding carboxylic acids is 3. The lowest BCUT2D eigenvalue weighted by molar-refractivity contribution is -0.130. The third-order valence-electron chi connectivity index (χ3n) is 9.47. The Kier molecular flexibility index (Phi) is 11.7. The number of nitrogens with one attached hydrogen (secondary N) is 5. The predicted molar refractivity (Wildman–Crippen MR) is 198 cm³/mol. The van der Waals surface area contributed by atoms with Crippen molar-refractivity contribution in [1.29, 1.82) is 0 Å². The van der Waals surface area contributed by atoms with E-state index >= 15 is 0 Å². The largest absolute Gasteiger partial charge is 0.444 e. The summed E-state index contributed by atoms with van der Waals surface area (Å²) in [6.45, 7) is 9.78. The number of tetrazole rings is 1. The van der Waals surface area contributed by atoms with Gasteiger partial charge in [0.25, 0.3) is 0 Å². The van der Waals surface area contributed by atoms with E-state index in [1.165, 1.54) is 0 Å². The maximum atomic E-state index is 13.8. The average molecular weight is 709 g/mol. The van der Waals surface area contributed by atoms with Crippen LogP contribution in [0.25, 0.3) is 22.5 Å². The number of nitrogens with zero attached hydrogens (tertiary/aromatic N) is 5. The number of H-pyrrole nitrogens is 1. The van der Waals surface area contributed by atoms with Crippen LogP contribution in [0.1, 0.15) is 52.0 Å². The van der Waals surface area contributed by atoms with Crippen molar-refractivity contribution in [2.45, 2.75) is 64.5 Å². The molecule has 14 heteroatoms. The topological polar surface area (TPSA) is 179 Å². The molecule has 0 radical (unpaired) electrons. The highest BCUT2D eigenvalue weighted by atomic mass is 16.6. The van der Waals surface area contributed by atoms with E-state index in [-0.39, 0.29) is 23.7 Å². The van der Waals surface area contributed by atoms with Crippen LogP contribution in [0.4, 0.5) is 16.3 Å². The molecule has 1 aliphatic heterocycles. The number of hydrogen-bond donors (Lipinski definition) is 5. The van der Waals surface area contributed by atoms with E-state index in [2.05, 4.69) is 58.9 Å². The minimum absolute atomic E-state index is 0.140. The lowest BCUT2D eigenvalue weighted by Crippen LogP contribution is -2.48.